The topological polar surface area (TPSA) is 116 Å². The number of carbonyl (C=O) groups is 1. The maximum atomic E-state index is 12.4. The fourth-order valence-corrected chi connectivity index (χ4v) is 9.69. The molecule has 0 spiro atoms. The second-order valence-electron chi connectivity index (χ2n) is 4.67. The van der Waals surface area contributed by atoms with E-state index in [4.69, 9.17) is 9.15 Å². The van der Waals surface area contributed by atoms with Crippen LogP contribution < -0.4 is 17.6 Å². The summed E-state index contributed by atoms with van der Waals surface area (Å²) < 4.78 is 16.2. The molecule has 2 aliphatic heterocycles. The molecule has 2 aromatic rings. The molecule has 0 amide bonds. The normalized spacial score (nSPS) is 23.0. The summed E-state index contributed by atoms with van der Waals surface area (Å²) in [6.07, 6.45) is 0. The van der Waals surface area contributed by atoms with Gasteiger partial charge in [0.15, 0.2) is 0 Å². The monoisotopic (exact) mass is 501 g/mol. The third-order valence-electron chi connectivity index (χ3n) is 3.30. The summed E-state index contributed by atoms with van der Waals surface area (Å²) in [5, 5.41) is 0. The van der Waals surface area contributed by atoms with Gasteiger partial charge >= 0.3 is 135 Å². The van der Waals surface area contributed by atoms with Crippen LogP contribution in [0.1, 0.15) is 6.92 Å². The van der Waals surface area contributed by atoms with Crippen LogP contribution in [0.25, 0.3) is 11.1 Å². The van der Waals surface area contributed by atoms with Gasteiger partial charge in [0.1, 0.15) is 0 Å². The minimum atomic E-state index is -1.24. The number of aromatic amines is 1. The number of benzene rings is 1. The Kier molecular flexibility index (Phi) is 2.58. The van der Waals surface area contributed by atoms with Crippen LogP contribution in [-0.2, 0) is 4.79 Å². The molecule has 1 aromatic heterocycles. The van der Waals surface area contributed by atoms with Crippen LogP contribution >= 0.6 is 43.0 Å². The quantitative estimate of drug-likeness (QED) is 0.112. The van der Waals surface area contributed by atoms with Gasteiger partial charge in [-0.25, -0.2) is 0 Å². The molecular formula is C11H9I2N3O4. The van der Waals surface area contributed by atoms with E-state index >= 15 is 0 Å². The standard InChI is InChI=1S/C11H9I2N3O4/c1-10(12,11-13(15-11)16-11)8(17)19-6-4-2-3-5-7(6)20-9(18)14-5/h2-4,15-16H,1H3,(H,14,18). The van der Waals surface area contributed by atoms with Gasteiger partial charge in [-0.05, 0) is 0 Å². The molecule has 1 aromatic carbocycles. The van der Waals surface area contributed by atoms with E-state index in [-0.39, 0.29) is 21.0 Å². The van der Waals surface area contributed by atoms with E-state index in [1.165, 1.54) is 0 Å². The second kappa shape index (κ2) is 3.96. The van der Waals surface area contributed by atoms with Gasteiger partial charge in [0.25, 0.3) is 0 Å². The maximum absolute atomic E-state index is 12.4. The average molecular weight is 501 g/mol. The molecule has 0 radical (unpaired) electrons. The Labute approximate surface area is 134 Å². The molecule has 106 valence electrons. The van der Waals surface area contributed by atoms with E-state index < -0.39 is 29.5 Å². The Morgan fingerprint density at radius 2 is 2.20 bits per heavy atom. The van der Waals surface area contributed by atoms with Crippen LogP contribution in [0.2, 0.25) is 0 Å². The average Bonchev–Trinajstić information content (AvgIpc) is 3.19. The molecule has 0 saturated carbocycles. The summed E-state index contributed by atoms with van der Waals surface area (Å²) in [7, 11) is 0. The van der Waals surface area contributed by atoms with Crippen molar-refractivity contribution in [1.82, 2.24) is 12.0 Å². The van der Waals surface area contributed by atoms with E-state index in [1.54, 1.807) is 18.2 Å². The summed E-state index contributed by atoms with van der Waals surface area (Å²) in [4.78, 5) is 26.1. The number of oxazole rings is 1. The molecule has 0 aliphatic carbocycles. The number of hydrogen-bond acceptors (Lipinski definition) is 6. The van der Waals surface area contributed by atoms with E-state index in [1.807, 2.05) is 6.92 Å². The zero-order chi connectivity index (χ0) is 14.1. The number of ether oxygens (including phenoxy) is 1. The second-order valence-corrected chi connectivity index (χ2v) is 11.1. The number of halogens is 2. The van der Waals surface area contributed by atoms with Crippen molar-refractivity contribution in [3.63, 3.8) is 0 Å². The number of rotatable bonds is 3. The van der Waals surface area contributed by atoms with Crippen molar-refractivity contribution in [3.8, 4) is 5.75 Å². The molecule has 4 rings (SSSR count). The van der Waals surface area contributed by atoms with Gasteiger partial charge in [0.2, 0.25) is 0 Å². The summed E-state index contributed by atoms with van der Waals surface area (Å²) in [5.74, 6) is -0.668. The van der Waals surface area contributed by atoms with Gasteiger partial charge in [-0.3, -0.25) is 0 Å². The zero-order valence-electron chi connectivity index (χ0n) is 10.1. The van der Waals surface area contributed by atoms with E-state index in [0.717, 1.165) is 0 Å². The van der Waals surface area contributed by atoms with E-state index in [9.17, 15) is 9.59 Å². The van der Waals surface area contributed by atoms with Crippen molar-refractivity contribution < 1.29 is 13.9 Å². The number of H-pyrrole nitrogens is 1. The number of aromatic nitrogens is 1. The van der Waals surface area contributed by atoms with Crippen LogP contribution in [0.5, 0.6) is 5.75 Å². The number of alkyl halides is 2. The molecule has 3 N–H and O–H groups in total. The minimum absolute atomic E-state index is 0.193. The molecule has 2 aliphatic rings. The molecule has 7 nitrogen and oxygen atoms in total. The number of esters is 1. The van der Waals surface area contributed by atoms with Gasteiger partial charge < -0.3 is 0 Å². The van der Waals surface area contributed by atoms with Crippen molar-refractivity contribution in [3.05, 3.63) is 28.7 Å². The molecule has 1 atom stereocenters. The zero-order valence-corrected chi connectivity index (χ0v) is 14.4. The van der Waals surface area contributed by atoms with Crippen LogP contribution in [0.3, 0.4) is 0 Å². The Balaban J connectivity index is 1.67. The number of nitrogens with one attached hydrogen (secondary N) is 3. The first-order valence-corrected chi connectivity index (χ1v) is 10.0. The molecule has 20 heavy (non-hydrogen) atoms. The number of fused-ring (bicyclic) bond motifs is 2. The number of para-hydroxylation sites is 1. The molecule has 0 bridgehead atoms. The van der Waals surface area contributed by atoms with Crippen LogP contribution in [0.4, 0.5) is 0 Å². The van der Waals surface area contributed by atoms with Crippen LogP contribution in [-0.4, -0.2) is 18.0 Å². The van der Waals surface area contributed by atoms with Crippen molar-refractivity contribution in [2.75, 3.05) is 0 Å². The fourth-order valence-electron chi connectivity index (χ4n) is 1.94. The molecule has 1 unspecified atom stereocenters. The molecule has 2 saturated heterocycles. The summed E-state index contributed by atoms with van der Waals surface area (Å²) >= 11 is 0.865. The number of hydrogen-bond donors (Lipinski definition) is 3. The van der Waals surface area contributed by atoms with Crippen molar-refractivity contribution in [2.24, 2.45) is 0 Å². The Morgan fingerprint density at radius 3 is 2.85 bits per heavy atom. The SMILES string of the molecule is CC(I)(C(=O)Oc1cccc2[nH]c(=O)oc12)C12NI1N2. The van der Waals surface area contributed by atoms with E-state index in [0.29, 0.717) is 5.52 Å². The Bertz CT molecular complexity index is 790. The summed E-state index contributed by atoms with van der Waals surface area (Å²) in [6.45, 7) is 1.84. The van der Waals surface area contributed by atoms with Crippen LogP contribution in [0, 0.1) is 0 Å². The summed E-state index contributed by atoms with van der Waals surface area (Å²) in [5.41, 5.74) is 0.773. The molecule has 2 fully saturated rings. The third kappa shape index (κ3) is 1.69. The predicted octanol–water partition coefficient (Wildman–Crippen LogP) is 1.42. The first-order valence-electron chi connectivity index (χ1n) is 5.72. The summed E-state index contributed by atoms with van der Waals surface area (Å²) in [6, 6.07) is 5.00. The molecular weight excluding hydrogens is 492 g/mol. The van der Waals surface area contributed by atoms with Crippen LogP contribution in [0.15, 0.2) is 27.4 Å². The van der Waals surface area contributed by atoms with E-state index in [2.05, 4.69) is 34.6 Å². The van der Waals surface area contributed by atoms with Crippen molar-refractivity contribution in [1.29, 1.82) is 0 Å². The molecule has 9 heteroatoms. The van der Waals surface area contributed by atoms with Gasteiger partial charge in [-0.15, -0.1) is 0 Å². The Hall–Kier alpha value is -0.660. The fraction of sp³-hybridized carbons (Fsp3) is 0.273. The third-order valence-corrected chi connectivity index (χ3v) is 10.4. The van der Waals surface area contributed by atoms with Gasteiger partial charge in [-0.2, -0.15) is 0 Å². The van der Waals surface area contributed by atoms with Gasteiger partial charge in [0.05, 0.1) is 0 Å². The predicted molar refractivity (Wildman–Crippen MR) is 87.9 cm³/mol. The number of carbonyl (C=O) groups excluding carboxylic acids is 1. The van der Waals surface area contributed by atoms with Crippen molar-refractivity contribution in [2.45, 2.75) is 14.0 Å². The van der Waals surface area contributed by atoms with Crippen molar-refractivity contribution >= 4 is 60.0 Å². The first kappa shape index (κ1) is 13.0. The Morgan fingerprint density at radius 1 is 1.50 bits per heavy atom. The van der Waals surface area contributed by atoms with Gasteiger partial charge in [0, 0.05) is 0 Å². The van der Waals surface area contributed by atoms with Gasteiger partial charge in [-0.1, -0.05) is 0 Å². The molecule has 3 heterocycles. The first-order chi connectivity index (χ1) is 9.44.